The molecular formula is C12H11ClN2O. The number of fused-ring (bicyclic) bond motifs is 1. The SMILES string of the molecule is CC(=O)c1cc(Cl)cc2ncn(C3CC3)c12. The first-order valence-electron chi connectivity index (χ1n) is 5.34. The van der Waals surface area contributed by atoms with Gasteiger partial charge in [0.15, 0.2) is 5.78 Å². The third-order valence-corrected chi connectivity index (χ3v) is 3.17. The molecule has 1 aliphatic carbocycles. The number of hydrogen-bond donors (Lipinski definition) is 0. The smallest absolute Gasteiger partial charge is 0.162 e. The molecule has 0 amide bonds. The van der Waals surface area contributed by atoms with Crippen LogP contribution in [0.25, 0.3) is 11.0 Å². The van der Waals surface area contributed by atoms with Crippen LogP contribution < -0.4 is 0 Å². The third kappa shape index (κ3) is 1.43. The van der Waals surface area contributed by atoms with E-state index in [4.69, 9.17) is 11.6 Å². The maximum Gasteiger partial charge on any atom is 0.162 e. The number of Topliss-reactive ketones (excluding diaryl/α,β-unsaturated/α-hetero) is 1. The molecule has 1 fully saturated rings. The normalized spacial score (nSPS) is 15.6. The summed E-state index contributed by atoms with van der Waals surface area (Å²) in [7, 11) is 0. The second-order valence-corrected chi connectivity index (χ2v) is 4.70. The Hall–Kier alpha value is -1.35. The van der Waals surface area contributed by atoms with Gasteiger partial charge in [-0.05, 0) is 31.9 Å². The molecule has 0 spiro atoms. The Bertz CT molecular complexity index is 584. The molecular weight excluding hydrogens is 224 g/mol. The van der Waals surface area contributed by atoms with E-state index in [1.807, 2.05) is 12.4 Å². The van der Waals surface area contributed by atoms with Gasteiger partial charge in [0.05, 0.1) is 17.4 Å². The van der Waals surface area contributed by atoms with Crippen LogP contribution in [0.1, 0.15) is 36.2 Å². The van der Waals surface area contributed by atoms with Crippen LogP contribution in [-0.4, -0.2) is 15.3 Å². The zero-order chi connectivity index (χ0) is 11.3. The lowest BCUT2D eigenvalue weighted by Gasteiger charge is -2.05. The first-order valence-corrected chi connectivity index (χ1v) is 5.71. The van der Waals surface area contributed by atoms with Gasteiger partial charge in [0.1, 0.15) is 0 Å². The Morgan fingerprint density at radius 3 is 2.88 bits per heavy atom. The molecule has 1 heterocycles. The van der Waals surface area contributed by atoms with E-state index in [1.54, 1.807) is 13.0 Å². The number of ketones is 1. The molecule has 0 bridgehead atoms. The highest BCUT2D eigenvalue weighted by atomic mass is 35.5. The van der Waals surface area contributed by atoms with E-state index in [1.165, 1.54) is 12.8 Å². The summed E-state index contributed by atoms with van der Waals surface area (Å²) in [6.45, 7) is 1.56. The molecule has 4 heteroatoms. The van der Waals surface area contributed by atoms with E-state index >= 15 is 0 Å². The lowest BCUT2D eigenvalue weighted by molar-refractivity contribution is 0.101. The minimum Gasteiger partial charge on any atom is -0.327 e. The predicted molar refractivity (Wildman–Crippen MR) is 63.0 cm³/mol. The van der Waals surface area contributed by atoms with Crippen molar-refractivity contribution < 1.29 is 4.79 Å². The average Bonchev–Trinajstić information content (AvgIpc) is 2.98. The van der Waals surface area contributed by atoms with Gasteiger partial charge in [0.25, 0.3) is 0 Å². The Morgan fingerprint density at radius 1 is 1.50 bits per heavy atom. The summed E-state index contributed by atoms with van der Waals surface area (Å²) in [6, 6.07) is 4.05. The van der Waals surface area contributed by atoms with Crippen molar-refractivity contribution in [3.63, 3.8) is 0 Å². The van der Waals surface area contributed by atoms with Crippen LogP contribution in [0.4, 0.5) is 0 Å². The fourth-order valence-corrected chi connectivity index (χ4v) is 2.25. The maximum absolute atomic E-state index is 11.6. The summed E-state index contributed by atoms with van der Waals surface area (Å²) in [6.07, 6.45) is 4.15. The van der Waals surface area contributed by atoms with Gasteiger partial charge >= 0.3 is 0 Å². The summed E-state index contributed by atoms with van der Waals surface area (Å²) in [5.41, 5.74) is 2.41. The number of rotatable bonds is 2. The molecule has 0 atom stereocenters. The van der Waals surface area contributed by atoms with Gasteiger partial charge in [-0.1, -0.05) is 11.6 Å². The van der Waals surface area contributed by atoms with Gasteiger partial charge in [-0.15, -0.1) is 0 Å². The fourth-order valence-electron chi connectivity index (χ4n) is 2.03. The van der Waals surface area contributed by atoms with Crippen molar-refractivity contribution in [1.29, 1.82) is 0 Å². The van der Waals surface area contributed by atoms with Gasteiger partial charge in [-0.3, -0.25) is 4.79 Å². The summed E-state index contributed by atoms with van der Waals surface area (Å²) >= 11 is 5.97. The molecule has 0 radical (unpaired) electrons. The van der Waals surface area contributed by atoms with Gasteiger partial charge < -0.3 is 4.57 Å². The van der Waals surface area contributed by atoms with Crippen LogP contribution in [0.2, 0.25) is 5.02 Å². The summed E-state index contributed by atoms with van der Waals surface area (Å²) < 4.78 is 2.10. The highest BCUT2D eigenvalue weighted by Gasteiger charge is 2.26. The first kappa shape index (κ1) is 9.85. The highest BCUT2D eigenvalue weighted by molar-refractivity contribution is 6.32. The summed E-state index contributed by atoms with van der Waals surface area (Å²) in [5.74, 6) is 0.0369. The van der Waals surface area contributed by atoms with Crippen molar-refractivity contribution in [1.82, 2.24) is 9.55 Å². The van der Waals surface area contributed by atoms with Gasteiger partial charge in [-0.2, -0.15) is 0 Å². The number of benzene rings is 1. The lowest BCUT2D eigenvalue weighted by Crippen LogP contribution is -1.99. The van der Waals surface area contributed by atoms with Crippen LogP contribution in [0, 0.1) is 0 Å². The number of aromatic nitrogens is 2. The van der Waals surface area contributed by atoms with Gasteiger partial charge in [0, 0.05) is 16.6 Å². The number of hydrogen-bond acceptors (Lipinski definition) is 2. The molecule has 0 unspecified atom stereocenters. The van der Waals surface area contributed by atoms with Crippen molar-refractivity contribution in [2.45, 2.75) is 25.8 Å². The largest absolute Gasteiger partial charge is 0.327 e. The fraction of sp³-hybridized carbons (Fsp3) is 0.333. The highest BCUT2D eigenvalue weighted by Crippen LogP contribution is 2.38. The standard InChI is InChI=1S/C12H11ClN2O/c1-7(16)10-4-8(13)5-11-12(10)15(6-14-11)9-2-3-9/h4-6,9H,2-3H2,1H3. The zero-order valence-electron chi connectivity index (χ0n) is 8.90. The van der Waals surface area contributed by atoms with Crippen LogP contribution in [0.15, 0.2) is 18.5 Å². The maximum atomic E-state index is 11.6. The molecule has 2 aromatic rings. The molecule has 1 aromatic carbocycles. The van der Waals surface area contributed by atoms with E-state index in [9.17, 15) is 4.79 Å². The molecule has 3 rings (SSSR count). The molecule has 1 saturated carbocycles. The van der Waals surface area contributed by atoms with Gasteiger partial charge in [0.2, 0.25) is 0 Å². The minimum atomic E-state index is 0.0369. The number of imidazole rings is 1. The van der Waals surface area contributed by atoms with E-state index in [0.717, 1.165) is 11.0 Å². The quantitative estimate of drug-likeness (QED) is 0.748. The zero-order valence-corrected chi connectivity index (χ0v) is 9.66. The van der Waals surface area contributed by atoms with Crippen molar-refractivity contribution in [2.24, 2.45) is 0 Å². The van der Waals surface area contributed by atoms with Crippen LogP contribution in [-0.2, 0) is 0 Å². The molecule has 1 aliphatic rings. The number of carbonyl (C=O) groups excluding carboxylic acids is 1. The average molecular weight is 235 g/mol. The predicted octanol–water partition coefficient (Wildman–Crippen LogP) is 3.23. The lowest BCUT2D eigenvalue weighted by atomic mass is 10.1. The first-order chi connectivity index (χ1) is 7.66. The number of nitrogens with zero attached hydrogens (tertiary/aromatic N) is 2. The monoisotopic (exact) mass is 234 g/mol. The molecule has 0 N–H and O–H groups in total. The Kier molecular flexibility index (Phi) is 2.04. The summed E-state index contributed by atoms with van der Waals surface area (Å²) in [4.78, 5) is 15.9. The van der Waals surface area contributed by atoms with Gasteiger partial charge in [-0.25, -0.2) is 4.98 Å². The van der Waals surface area contributed by atoms with E-state index in [-0.39, 0.29) is 5.78 Å². The Labute approximate surface area is 98.0 Å². The molecule has 3 nitrogen and oxygen atoms in total. The van der Waals surface area contributed by atoms with Crippen LogP contribution in [0.5, 0.6) is 0 Å². The number of carbonyl (C=O) groups is 1. The summed E-state index contributed by atoms with van der Waals surface area (Å²) in [5, 5.41) is 0.568. The third-order valence-electron chi connectivity index (χ3n) is 2.95. The minimum absolute atomic E-state index is 0.0369. The Balaban J connectivity index is 2.35. The van der Waals surface area contributed by atoms with E-state index < -0.39 is 0 Å². The van der Waals surface area contributed by atoms with Crippen molar-refractivity contribution >= 4 is 28.4 Å². The van der Waals surface area contributed by atoms with Crippen molar-refractivity contribution in [2.75, 3.05) is 0 Å². The second kappa shape index (κ2) is 3.32. The topological polar surface area (TPSA) is 34.9 Å². The van der Waals surface area contributed by atoms with Crippen molar-refractivity contribution in [3.05, 3.63) is 29.0 Å². The number of halogens is 1. The molecule has 0 aliphatic heterocycles. The second-order valence-electron chi connectivity index (χ2n) is 4.26. The van der Waals surface area contributed by atoms with E-state index in [0.29, 0.717) is 16.6 Å². The molecule has 1 aromatic heterocycles. The van der Waals surface area contributed by atoms with E-state index in [2.05, 4.69) is 9.55 Å². The molecule has 16 heavy (non-hydrogen) atoms. The molecule has 82 valence electrons. The Morgan fingerprint density at radius 2 is 2.25 bits per heavy atom. The van der Waals surface area contributed by atoms with Crippen LogP contribution >= 0.6 is 11.6 Å². The van der Waals surface area contributed by atoms with Crippen LogP contribution in [0.3, 0.4) is 0 Å². The molecule has 0 saturated heterocycles. The van der Waals surface area contributed by atoms with Crippen molar-refractivity contribution in [3.8, 4) is 0 Å².